The molecule has 0 amide bonds. The Bertz CT molecular complexity index is 1610. The zero-order valence-electron chi connectivity index (χ0n) is 14.9. The van der Waals surface area contributed by atoms with Gasteiger partial charge in [0.2, 0.25) is 5.28 Å². The molecule has 0 saturated heterocycles. The molecule has 0 aliphatic rings. The van der Waals surface area contributed by atoms with Crippen molar-refractivity contribution >= 4 is 49.3 Å². The van der Waals surface area contributed by atoms with Crippen LogP contribution in [0.25, 0.3) is 27.7 Å². The fourth-order valence-corrected chi connectivity index (χ4v) is 4.75. The van der Waals surface area contributed by atoms with Crippen LogP contribution in [-0.4, -0.2) is 31.7 Å². The van der Waals surface area contributed by atoms with Gasteiger partial charge in [-0.2, -0.15) is 4.98 Å². The summed E-state index contributed by atoms with van der Waals surface area (Å²) in [7, 11) is -3.91. The first-order chi connectivity index (χ1) is 13.9. The highest BCUT2D eigenvalue weighted by Gasteiger charge is 2.23. The van der Waals surface area contributed by atoms with E-state index in [4.69, 9.17) is 11.6 Å². The third-order valence-electron chi connectivity index (χ3n) is 4.66. The number of aryl methyl sites for hydroxylation is 1. The first-order valence-corrected chi connectivity index (χ1v) is 10.4. The first kappa shape index (κ1) is 17.8. The van der Waals surface area contributed by atoms with E-state index in [1.165, 1.54) is 24.5 Å². The fourth-order valence-electron chi connectivity index (χ4n) is 3.22. The largest absolute Gasteiger partial charge is 0.286 e. The van der Waals surface area contributed by atoms with Gasteiger partial charge in [-0.3, -0.25) is 4.79 Å². The van der Waals surface area contributed by atoms with E-state index in [-0.39, 0.29) is 27.0 Å². The van der Waals surface area contributed by atoms with E-state index in [2.05, 4.69) is 15.0 Å². The molecule has 5 rings (SSSR count). The van der Waals surface area contributed by atoms with E-state index in [1.807, 2.05) is 6.92 Å². The molecular formula is C19H12ClN5O3S. The Labute approximate surface area is 169 Å². The molecule has 0 saturated carbocycles. The van der Waals surface area contributed by atoms with Gasteiger partial charge in [-0.1, -0.05) is 17.7 Å². The minimum atomic E-state index is -3.91. The van der Waals surface area contributed by atoms with Crippen LogP contribution in [0.1, 0.15) is 5.56 Å². The number of pyridine rings is 1. The summed E-state index contributed by atoms with van der Waals surface area (Å²) in [6.45, 7) is 1.87. The molecule has 0 bridgehead atoms. The standard InChI is InChI=1S/C19H12ClN5O3S/c1-11-4-6-12(7-5-11)29(27,28)24-10-8-13-16(24)23-19(20)25-17(13)22-14-3-2-9-21-15(14)18(25)26/h2-10H,1H3. The topological polar surface area (TPSA) is 99.2 Å². The van der Waals surface area contributed by atoms with Crippen LogP contribution in [0.2, 0.25) is 5.28 Å². The van der Waals surface area contributed by atoms with Crippen LogP contribution >= 0.6 is 11.6 Å². The molecule has 0 aliphatic heterocycles. The third kappa shape index (κ3) is 2.55. The van der Waals surface area contributed by atoms with Gasteiger partial charge in [0.15, 0.2) is 16.8 Å². The molecule has 0 radical (unpaired) electrons. The second-order valence-electron chi connectivity index (χ2n) is 6.49. The number of aromatic nitrogens is 5. The highest BCUT2D eigenvalue weighted by atomic mass is 35.5. The average molecular weight is 426 g/mol. The van der Waals surface area contributed by atoms with Gasteiger partial charge in [-0.05, 0) is 48.9 Å². The highest BCUT2D eigenvalue weighted by molar-refractivity contribution is 7.90. The summed E-state index contributed by atoms with van der Waals surface area (Å²) in [5, 5.41) is 0.185. The van der Waals surface area contributed by atoms with Gasteiger partial charge in [0.05, 0.1) is 15.8 Å². The maximum atomic E-state index is 13.1. The Hall–Kier alpha value is -3.30. The Morgan fingerprint density at radius 3 is 2.52 bits per heavy atom. The summed E-state index contributed by atoms with van der Waals surface area (Å²) >= 11 is 6.26. The van der Waals surface area contributed by atoms with Crippen LogP contribution in [0, 0.1) is 6.92 Å². The third-order valence-corrected chi connectivity index (χ3v) is 6.59. The van der Waals surface area contributed by atoms with E-state index in [0.717, 1.165) is 13.9 Å². The van der Waals surface area contributed by atoms with Crippen LogP contribution < -0.4 is 5.56 Å². The molecule has 1 aromatic carbocycles. The summed E-state index contributed by atoms with van der Waals surface area (Å²) in [5.41, 5.74) is 1.31. The minimum Gasteiger partial charge on any atom is -0.266 e. The minimum absolute atomic E-state index is 0.0886. The van der Waals surface area contributed by atoms with Crippen molar-refractivity contribution in [2.45, 2.75) is 11.8 Å². The zero-order chi connectivity index (χ0) is 20.3. The van der Waals surface area contributed by atoms with Gasteiger partial charge in [0, 0.05) is 12.4 Å². The van der Waals surface area contributed by atoms with Crippen molar-refractivity contribution in [2.75, 3.05) is 0 Å². The maximum absolute atomic E-state index is 13.1. The fraction of sp³-hybridized carbons (Fsp3) is 0.0526. The van der Waals surface area contributed by atoms with E-state index < -0.39 is 15.6 Å². The highest BCUT2D eigenvalue weighted by Crippen LogP contribution is 2.25. The van der Waals surface area contributed by atoms with Gasteiger partial charge < -0.3 is 0 Å². The summed E-state index contributed by atoms with van der Waals surface area (Å²) in [5.74, 6) is 0. The number of hydrogen-bond acceptors (Lipinski definition) is 6. The van der Waals surface area contributed by atoms with Crippen LogP contribution in [0.3, 0.4) is 0 Å². The molecule has 29 heavy (non-hydrogen) atoms. The Kier molecular flexibility index (Phi) is 3.74. The molecule has 10 heteroatoms. The number of nitrogens with zero attached hydrogens (tertiary/aromatic N) is 5. The molecule has 4 aromatic heterocycles. The summed E-state index contributed by atoms with van der Waals surface area (Å²) in [4.78, 5) is 25.7. The zero-order valence-corrected chi connectivity index (χ0v) is 16.5. The Morgan fingerprint density at radius 2 is 1.76 bits per heavy atom. The van der Waals surface area contributed by atoms with E-state index >= 15 is 0 Å². The van der Waals surface area contributed by atoms with Crippen LogP contribution in [0.4, 0.5) is 0 Å². The van der Waals surface area contributed by atoms with Crippen molar-refractivity contribution in [3.05, 3.63) is 76.1 Å². The first-order valence-electron chi connectivity index (χ1n) is 8.54. The second-order valence-corrected chi connectivity index (χ2v) is 8.65. The van der Waals surface area contributed by atoms with Crippen LogP contribution in [0.5, 0.6) is 0 Å². The van der Waals surface area contributed by atoms with Gasteiger partial charge in [-0.15, -0.1) is 0 Å². The summed E-state index contributed by atoms with van der Waals surface area (Å²) in [6.07, 6.45) is 2.87. The average Bonchev–Trinajstić information content (AvgIpc) is 3.13. The predicted octanol–water partition coefficient (Wildman–Crippen LogP) is 2.79. The molecule has 0 unspecified atom stereocenters. The van der Waals surface area contributed by atoms with Crippen molar-refractivity contribution < 1.29 is 8.42 Å². The molecule has 0 N–H and O–H groups in total. The lowest BCUT2D eigenvalue weighted by Gasteiger charge is -2.09. The number of hydrogen-bond donors (Lipinski definition) is 0. The van der Waals surface area contributed by atoms with Crippen LogP contribution in [-0.2, 0) is 10.0 Å². The smallest absolute Gasteiger partial charge is 0.266 e. The molecular weight excluding hydrogens is 414 g/mol. The lowest BCUT2D eigenvalue weighted by molar-refractivity contribution is 0.588. The number of rotatable bonds is 2. The van der Waals surface area contributed by atoms with Crippen molar-refractivity contribution in [2.24, 2.45) is 0 Å². The molecule has 0 fully saturated rings. The molecule has 0 spiro atoms. The SMILES string of the molecule is Cc1ccc(S(=O)(=O)n2ccc3c2nc(Cl)n2c(=O)c4ncccc4nc32)cc1. The second kappa shape index (κ2) is 6.10. The van der Waals surface area contributed by atoms with E-state index in [9.17, 15) is 13.2 Å². The number of fused-ring (bicyclic) bond motifs is 4. The number of benzene rings is 1. The van der Waals surface area contributed by atoms with Gasteiger partial charge in [0.1, 0.15) is 0 Å². The maximum Gasteiger partial charge on any atom is 0.286 e. The predicted molar refractivity (Wildman–Crippen MR) is 109 cm³/mol. The van der Waals surface area contributed by atoms with Crippen LogP contribution in [0.15, 0.2) is 64.5 Å². The Balaban J connectivity index is 1.87. The molecule has 5 aromatic rings. The van der Waals surface area contributed by atoms with Gasteiger partial charge >= 0.3 is 0 Å². The van der Waals surface area contributed by atoms with Crippen molar-refractivity contribution in [1.29, 1.82) is 0 Å². The molecule has 144 valence electrons. The van der Waals surface area contributed by atoms with Gasteiger partial charge in [0.25, 0.3) is 15.6 Å². The molecule has 8 nitrogen and oxygen atoms in total. The Morgan fingerprint density at radius 1 is 1.00 bits per heavy atom. The van der Waals surface area contributed by atoms with E-state index in [1.54, 1.807) is 30.3 Å². The molecule has 0 atom stereocenters. The number of halogens is 1. The van der Waals surface area contributed by atoms with Crippen molar-refractivity contribution in [1.82, 2.24) is 23.3 Å². The molecule has 0 aliphatic carbocycles. The normalized spacial score (nSPS) is 12.2. The van der Waals surface area contributed by atoms with E-state index in [0.29, 0.717) is 10.9 Å². The quantitative estimate of drug-likeness (QED) is 0.318. The molecule has 4 heterocycles. The van der Waals surface area contributed by atoms with Gasteiger partial charge in [-0.25, -0.2) is 26.8 Å². The summed E-state index contributed by atoms with van der Waals surface area (Å²) < 4.78 is 28.4. The van der Waals surface area contributed by atoms with Crippen molar-refractivity contribution in [3.8, 4) is 0 Å². The lowest BCUT2D eigenvalue weighted by atomic mass is 10.2. The van der Waals surface area contributed by atoms with Crippen molar-refractivity contribution in [3.63, 3.8) is 0 Å². The summed E-state index contributed by atoms with van der Waals surface area (Å²) in [6, 6.07) is 11.4. The lowest BCUT2D eigenvalue weighted by Crippen LogP contribution is -2.19. The monoisotopic (exact) mass is 425 g/mol.